The van der Waals surface area contributed by atoms with Crippen LogP contribution in [-0.4, -0.2) is 27.0 Å². The molecular formula is C14H19F3N2OS. The van der Waals surface area contributed by atoms with Gasteiger partial charge in [0.05, 0.1) is 5.56 Å². The molecule has 118 valence electrons. The summed E-state index contributed by atoms with van der Waals surface area (Å²) in [5.41, 5.74) is -1.52. The van der Waals surface area contributed by atoms with Crippen molar-refractivity contribution in [2.45, 2.75) is 45.0 Å². The third-order valence-corrected chi connectivity index (χ3v) is 3.61. The molecule has 0 unspecified atom stereocenters. The second-order valence-corrected chi connectivity index (χ2v) is 6.41. The Morgan fingerprint density at radius 1 is 1.43 bits per heavy atom. The molecule has 7 heteroatoms. The van der Waals surface area contributed by atoms with Gasteiger partial charge in [-0.1, -0.05) is 27.2 Å². The van der Waals surface area contributed by atoms with Gasteiger partial charge in [-0.15, -0.1) is 0 Å². The molecule has 0 bridgehead atoms. The summed E-state index contributed by atoms with van der Waals surface area (Å²) in [5.74, 6) is -0.637. The third-order valence-electron chi connectivity index (χ3n) is 2.59. The van der Waals surface area contributed by atoms with Crippen molar-refractivity contribution >= 4 is 17.9 Å². The SMILES string of the molecule is CCCCN(SC(C)C)C(=O)c1cccnc1C(F)(F)F. The average Bonchev–Trinajstić information content (AvgIpc) is 2.41. The van der Waals surface area contributed by atoms with Gasteiger partial charge < -0.3 is 0 Å². The monoisotopic (exact) mass is 320 g/mol. The maximum Gasteiger partial charge on any atom is 0.434 e. The van der Waals surface area contributed by atoms with Crippen molar-refractivity contribution in [2.24, 2.45) is 0 Å². The third kappa shape index (κ3) is 5.22. The van der Waals surface area contributed by atoms with Crippen molar-refractivity contribution in [3.63, 3.8) is 0 Å². The summed E-state index contributed by atoms with van der Waals surface area (Å²) in [5, 5.41) is 0.108. The number of halogens is 3. The molecule has 3 nitrogen and oxygen atoms in total. The Labute approximate surface area is 127 Å². The van der Waals surface area contributed by atoms with E-state index in [-0.39, 0.29) is 5.25 Å². The lowest BCUT2D eigenvalue weighted by Gasteiger charge is -2.24. The van der Waals surface area contributed by atoms with Crippen LogP contribution in [0.2, 0.25) is 0 Å². The number of amides is 1. The van der Waals surface area contributed by atoms with Crippen molar-refractivity contribution < 1.29 is 18.0 Å². The van der Waals surface area contributed by atoms with Gasteiger partial charge in [-0.05, 0) is 30.5 Å². The molecule has 0 saturated heterocycles. The Bertz CT molecular complexity index is 478. The zero-order valence-electron chi connectivity index (χ0n) is 12.3. The fourth-order valence-corrected chi connectivity index (χ4v) is 2.63. The summed E-state index contributed by atoms with van der Waals surface area (Å²) in [6.45, 7) is 6.17. The minimum Gasteiger partial charge on any atom is -0.282 e. The average molecular weight is 320 g/mol. The predicted octanol–water partition coefficient (Wildman–Crippen LogP) is 4.40. The molecule has 0 aliphatic carbocycles. The fraction of sp³-hybridized carbons (Fsp3) is 0.571. The minimum atomic E-state index is -4.63. The molecule has 0 atom stereocenters. The summed E-state index contributed by atoms with van der Waals surface area (Å²) < 4.78 is 40.2. The Morgan fingerprint density at radius 2 is 2.10 bits per heavy atom. The molecule has 1 aromatic heterocycles. The summed E-state index contributed by atoms with van der Waals surface area (Å²) in [4.78, 5) is 15.7. The number of nitrogens with zero attached hydrogens (tertiary/aromatic N) is 2. The molecule has 0 aliphatic rings. The molecule has 0 spiro atoms. The smallest absolute Gasteiger partial charge is 0.282 e. The lowest BCUT2D eigenvalue weighted by molar-refractivity contribution is -0.141. The van der Waals surface area contributed by atoms with Gasteiger partial charge in [0.15, 0.2) is 5.69 Å². The van der Waals surface area contributed by atoms with E-state index in [1.807, 2.05) is 20.8 Å². The Hall–Kier alpha value is -1.24. The first-order valence-electron chi connectivity index (χ1n) is 6.78. The topological polar surface area (TPSA) is 33.2 Å². The summed E-state index contributed by atoms with van der Waals surface area (Å²) >= 11 is 1.25. The van der Waals surface area contributed by atoms with E-state index in [9.17, 15) is 18.0 Å². The molecule has 1 aromatic rings. The molecule has 21 heavy (non-hydrogen) atoms. The van der Waals surface area contributed by atoms with Gasteiger partial charge in [-0.25, -0.2) is 0 Å². The summed E-state index contributed by atoms with van der Waals surface area (Å²) in [6.07, 6.45) is -1.98. The molecule has 0 aromatic carbocycles. The highest BCUT2D eigenvalue weighted by atomic mass is 32.2. The van der Waals surface area contributed by atoms with E-state index in [4.69, 9.17) is 0 Å². The van der Waals surface area contributed by atoms with Gasteiger partial charge in [0.1, 0.15) is 0 Å². The van der Waals surface area contributed by atoms with Crippen LogP contribution >= 0.6 is 11.9 Å². The van der Waals surface area contributed by atoms with Crippen LogP contribution in [0.5, 0.6) is 0 Å². The van der Waals surface area contributed by atoms with Gasteiger partial charge in [0.25, 0.3) is 5.91 Å². The normalized spacial score (nSPS) is 11.8. The molecule has 1 amide bonds. The van der Waals surface area contributed by atoms with Crippen LogP contribution in [-0.2, 0) is 6.18 Å². The fourth-order valence-electron chi connectivity index (χ4n) is 1.70. The highest BCUT2D eigenvalue weighted by Crippen LogP contribution is 2.32. The number of carbonyl (C=O) groups excluding carboxylic acids is 1. The molecule has 0 N–H and O–H groups in total. The number of hydrogen-bond donors (Lipinski definition) is 0. The van der Waals surface area contributed by atoms with Crippen molar-refractivity contribution in [1.29, 1.82) is 0 Å². The van der Waals surface area contributed by atoms with Crippen molar-refractivity contribution in [3.05, 3.63) is 29.6 Å². The Balaban J connectivity index is 3.08. The van der Waals surface area contributed by atoms with Gasteiger partial charge in [0.2, 0.25) is 0 Å². The van der Waals surface area contributed by atoms with E-state index in [1.165, 1.54) is 28.4 Å². The summed E-state index contributed by atoms with van der Waals surface area (Å²) in [6, 6.07) is 2.53. The van der Waals surface area contributed by atoms with E-state index < -0.39 is 23.3 Å². The van der Waals surface area contributed by atoms with E-state index in [0.29, 0.717) is 6.54 Å². The molecule has 0 radical (unpaired) electrons. The lowest BCUT2D eigenvalue weighted by Crippen LogP contribution is -2.29. The van der Waals surface area contributed by atoms with Crippen molar-refractivity contribution in [3.8, 4) is 0 Å². The van der Waals surface area contributed by atoms with Gasteiger partial charge in [-0.2, -0.15) is 13.2 Å². The lowest BCUT2D eigenvalue weighted by atomic mass is 10.1. The number of unbranched alkanes of at least 4 members (excludes halogenated alkanes) is 1. The van der Waals surface area contributed by atoms with Crippen LogP contribution in [0.1, 0.15) is 49.7 Å². The van der Waals surface area contributed by atoms with E-state index in [1.54, 1.807) is 0 Å². The summed E-state index contributed by atoms with van der Waals surface area (Å²) in [7, 11) is 0. The number of hydrogen-bond acceptors (Lipinski definition) is 3. The Morgan fingerprint density at radius 3 is 2.62 bits per heavy atom. The molecular weight excluding hydrogens is 301 g/mol. The quantitative estimate of drug-likeness (QED) is 0.728. The zero-order valence-corrected chi connectivity index (χ0v) is 13.1. The molecule has 1 rings (SSSR count). The van der Waals surface area contributed by atoms with Crippen LogP contribution in [0.25, 0.3) is 0 Å². The number of pyridine rings is 1. The number of aromatic nitrogens is 1. The predicted molar refractivity (Wildman–Crippen MR) is 77.9 cm³/mol. The molecule has 0 aliphatic heterocycles. The van der Waals surface area contributed by atoms with Crippen LogP contribution in [0, 0.1) is 0 Å². The second-order valence-electron chi connectivity index (χ2n) is 4.81. The van der Waals surface area contributed by atoms with Crippen LogP contribution in [0.4, 0.5) is 13.2 Å². The highest BCUT2D eigenvalue weighted by Gasteiger charge is 2.38. The van der Waals surface area contributed by atoms with Crippen molar-refractivity contribution in [2.75, 3.05) is 6.54 Å². The first kappa shape index (κ1) is 17.8. The number of alkyl halides is 3. The molecule has 0 saturated carbocycles. The van der Waals surface area contributed by atoms with Crippen LogP contribution in [0.3, 0.4) is 0 Å². The van der Waals surface area contributed by atoms with Gasteiger partial charge in [0, 0.05) is 18.0 Å². The highest BCUT2D eigenvalue weighted by molar-refractivity contribution is 7.98. The molecule has 1 heterocycles. The number of carbonyl (C=O) groups is 1. The molecule has 0 fully saturated rings. The van der Waals surface area contributed by atoms with Crippen molar-refractivity contribution in [1.82, 2.24) is 9.29 Å². The number of rotatable bonds is 6. The first-order chi connectivity index (χ1) is 9.77. The zero-order chi connectivity index (χ0) is 16.0. The largest absolute Gasteiger partial charge is 0.434 e. The van der Waals surface area contributed by atoms with E-state index >= 15 is 0 Å². The van der Waals surface area contributed by atoms with E-state index in [2.05, 4.69) is 4.98 Å². The van der Waals surface area contributed by atoms with Gasteiger partial charge >= 0.3 is 6.18 Å². The van der Waals surface area contributed by atoms with Crippen LogP contribution in [0.15, 0.2) is 18.3 Å². The minimum absolute atomic E-state index is 0.108. The first-order valence-corrected chi connectivity index (χ1v) is 7.61. The standard InChI is InChI=1S/C14H19F3N2OS/c1-4-5-9-19(21-10(2)3)13(20)11-7-6-8-18-12(11)14(15,16)17/h6-8,10H,4-5,9H2,1-3H3. The maximum atomic E-state index is 12.9. The Kier molecular flexibility index (Phi) is 6.51. The van der Waals surface area contributed by atoms with E-state index in [0.717, 1.165) is 19.0 Å². The second kappa shape index (κ2) is 7.68. The maximum absolute atomic E-state index is 12.9. The van der Waals surface area contributed by atoms with Gasteiger partial charge in [-0.3, -0.25) is 14.1 Å². The van der Waals surface area contributed by atoms with Crippen LogP contribution < -0.4 is 0 Å².